The van der Waals surface area contributed by atoms with E-state index in [0.29, 0.717) is 31.8 Å². The van der Waals surface area contributed by atoms with Gasteiger partial charge < -0.3 is 25.6 Å². The lowest BCUT2D eigenvalue weighted by Gasteiger charge is -2.47. The van der Waals surface area contributed by atoms with Gasteiger partial charge in [0, 0.05) is 57.0 Å². The zero-order valence-corrected chi connectivity index (χ0v) is 22.5. The first-order chi connectivity index (χ1) is 18.3. The quantitative estimate of drug-likeness (QED) is 0.489. The van der Waals surface area contributed by atoms with Gasteiger partial charge in [0.25, 0.3) is 0 Å². The molecular weight excluding hydrogens is 466 g/mol. The van der Waals surface area contributed by atoms with Crippen molar-refractivity contribution in [3.05, 3.63) is 12.3 Å². The molecule has 3 atom stereocenters. The van der Waals surface area contributed by atoms with Crippen LogP contribution < -0.4 is 20.9 Å². The fourth-order valence-corrected chi connectivity index (χ4v) is 6.74. The van der Waals surface area contributed by atoms with Gasteiger partial charge in [-0.2, -0.15) is 4.98 Å². The molecule has 3 N–H and O–H groups in total. The van der Waals surface area contributed by atoms with Crippen LogP contribution in [-0.2, 0) is 9.53 Å². The standard InChI is InChI=1S/C28H47N7O2/c36-27(25-21-29-16-20-37-25)30-14-12-24-23(11-8-19-35(24)22-9-4-3-5-10-22)32-28-31-15-13-26(33-28)34-17-6-1-2-7-18-34/h13,15,22-25,29H,1-12,14,16-21H2,(H,30,36)(H,31,32,33)/t23-,24+,25?/m0/s1. The van der Waals surface area contributed by atoms with Crippen molar-refractivity contribution in [1.29, 1.82) is 0 Å². The van der Waals surface area contributed by atoms with Crippen molar-refractivity contribution < 1.29 is 9.53 Å². The zero-order chi connectivity index (χ0) is 25.3. The molecule has 5 rings (SSSR count). The summed E-state index contributed by atoms with van der Waals surface area (Å²) in [6.07, 6.45) is 16.4. The highest BCUT2D eigenvalue weighted by molar-refractivity contribution is 5.81. The number of nitrogens with zero attached hydrogens (tertiary/aromatic N) is 4. The third-order valence-electron chi connectivity index (χ3n) is 8.71. The van der Waals surface area contributed by atoms with Crippen molar-refractivity contribution in [3.63, 3.8) is 0 Å². The fourth-order valence-electron chi connectivity index (χ4n) is 6.74. The van der Waals surface area contributed by atoms with Crippen LogP contribution in [-0.4, -0.2) is 90.9 Å². The number of rotatable bonds is 8. The highest BCUT2D eigenvalue weighted by Crippen LogP contribution is 2.31. The summed E-state index contributed by atoms with van der Waals surface area (Å²) in [5, 5.41) is 10.2. The van der Waals surface area contributed by atoms with E-state index in [-0.39, 0.29) is 18.1 Å². The van der Waals surface area contributed by atoms with Gasteiger partial charge in [-0.05, 0) is 57.6 Å². The first-order valence-electron chi connectivity index (χ1n) is 15.0. The van der Waals surface area contributed by atoms with Gasteiger partial charge in [0.05, 0.1) is 6.61 Å². The minimum Gasteiger partial charge on any atom is -0.366 e. The largest absolute Gasteiger partial charge is 0.366 e. The van der Waals surface area contributed by atoms with Gasteiger partial charge in [0.2, 0.25) is 11.9 Å². The van der Waals surface area contributed by atoms with Crippen LogP contribution >= 0.6 is 0 Å². The highest BCUT2D eigenvalue weighted by atomic mass is 16.5. The molecule has 9 nitrogen and oxygen atoms in total. The van der Waals surface area contributed by atoms with E-state index in [0.717, 1.165) is 50.8 Å². The van der Waals surface area contributed by atoms with E-state index in [4.69, 9.17) is 9.72 Å². The number of likely N-dealkylation sites (tertiary alicyclic amines) is 1. The van der Waals surface area contributed by atoms with Crippen LogP contribution in [0.25, 0.3) is 0 Å². The smallest absolute Gasteiger partial charge is 0.250 e. The Labute approximate surface area is 222 Å². The molecule has 1 unspecified atom stereocenters. The summed E-state index contributed by atoms with van der Waals surface area (Å²) in [6.45, 7) is 5.98. The van der Waals surface area contributed by atoms with Crippen LogP contribution in [0.1, 0.15) is 77.0 Å². The summed E-state index contributed by atoms with van der Waals surface area (Å²) in [4.78, 5) is 27.5. The van der Waals surface area contributed by atoms with E-state index in [1.807, 2.05) is 6.20 Å². The predicted molar refractivity (Wildman–Crippen MR) is 147 cm³/mol. The van der Waals surface area contributed by atoms with Crippen molar-refractivity contribution in [2.24, 2.45) is 0 Å². The third kappa shape index (κ3) is 7.33. The van der Waals surface area contributed by atoms with Crippen LogP contribution in [0.15, 0.2) is 12.3 Å². The van der Waals surface area contributed by atoms with Crippen LogP contribution in [0.4, 0.5) is 11.8 Å². The molecule has 4 heterocycles. The molecule has 1 aliphatic carbocycles. The number of carbonyl (C=O) groups excluding carboxylic acids is 1. The number of aromatic nitrogens is 2. The van der Waals surface area contributed by atoms with Crippen LogP contribution in [0.5, 0.6) is 0 Å². The van der Waals surface area contributed by atoms with E-state index in [2.05, 4.69) is 36.8 Å². The second-order valence-electron chi connectivity index (χ2n) is 11.3. The summed E-state index contributed by atoms with van der Waals surface area (Å²) in [6, 6.07) is 3.34. The maximum absolute atomic E-state index is 12.7. The molecule has 3 aliphatic heterocycles. The molecule has 37 heavy (non-hydrogen) atoms. The van der Waals surface area contributed by atoms with E-state index in [1.165, 1.54) is 64.2 Å². The number of hydrogen-bond donors (Lipinski definition) is 3. The monoisotopic (exact) mass is 513 g/mol. The summed E-state index contributed by atoms with van der Waals surface area (Å²) < 4.78 is 5.65. The number of piperidine rings is 1. The lowest BCUT2D eigenvalue weighted by molar-refractivity contribution is -0.134. The van der Waals surface area contributed by atoms with E-state index < -0.39 is 0 Å². The average Bonchev–Trinajstić information content (AvgIpc) is 3.25. The minimum atomic E-state index is -0.376. The van der Waals surface area contributed by atoms with Gasteiger partial charge in [-0.1, -0.05) is 32.1 Å². The molecule has 0 aromatic carbocycles. The van der Waals surface area contributed by atoms with Gasteiger partial charge in [-0.3, -0.25) is 9.69 Å². The van der Waals surface area contributed by atoms with Gasteiger partial charge in [0.15, 0.2) is 0 Å². The third-order valence-corrected chi connectivity index (χ3v) is 8.71. The number of amides is 1. The molecule has 1 saturated carbocycles. The molecule has 4 aliphatic rings. The SMILES string of the molecule is O=C(NCC[C@@H]1[C@@H](Nc2nccc(N3CCCCCC3)n2)CCCN1C1CCCCC1)C1CNCCO1. The van der Waals surface area contributed by atoms with E-state index in [9.17, 15) is 4.79 Å². The molecule has 1 aromatic heterocycles. The Morgan fingerprint density at radius 3 is 2.62 bits per heavy atom. The van der Waals surface area contributed by atoms with Crippen molar-refractivity contribution in [1.82, 2.24) is 25.5 Å². The summed E-state index contributed by atoms with van der Waals surface area (Å²) in [5.74, 6) is 1.79. The normalized spacial score (nSPS) is 28.4. The number of hydrogen-bond acceptors (Lipinski definition) is 8. The van der Waals surface area contributed by atoms with Gasteiger partial charge >= 0.3 is 0 Å². The van der Waals surface area contributed by atoms with E-state index >= 15 is 0 Å². The summed E-state index contributed by atoms with van der Waals surface area (Å²) in [7, 11) is 0. The van der Waals surface area contributed by atoms with Gasteiger partial charge in [0.1, 0.15) is 11.9 Å². The Morgan fingerprint density at radius 2 is 1.84 bits per heavy atom. The highest BCUT2D eigenvalue weighted by Gasteiger charge is 2.36. The molecule has 0 bridgehead atoms. The molecule has 0 radical (unpaired) electrons. The predicted octanol–water partition coefficient (Wildman–Crippen LogP) is 2.93. The lowest BCUT2D eigenvalue weighted by atomic mass is 9.87. The van der Waals surface area contributed by atoms with Crippen molar-refractivity contribution in [2.75, 3.05) is 56.1 Å². The van der Waals surface area contributed by atoms with Crippen molar-refractivity contribution >= 4 is 17.7 Å². The van der Waals surface area contributed by atoms with Gasteiger partial charge in [-0.15, -0.1) is 0 Å². The summed E-state index contributed by atoms with van der Waals surface area (Å²) in [5.41, 5.74) is 0. The van der Waals surface area contributed by atoms with Crippen molar-refractivity contribution in [2.45, 2.75) is 101 Å². The second-order valence-corrected chi connectivity index (χ2v) is 11.3. The van der Waals surface area contributed by atoms with Crippen LogP contribution in [0.2, 0.25) is 0 Å². The maximum atomic E-state index is 12.7. The molecular formula is C28H47N7O2. The number of ether oxygens (including phenoxy) is 1. The Morgan fingerprint density at radius 1 is 1.03 bits per heavy atom. The maximum Gasteiger partial charge on any atom is 0.250 e. The molecule has 9 heteroatoms. The summed E-state index contributed by atoms with van der Waals surface area (Å²) >= 11 is 0. The molecule has 4 fully saturated rings. The Balaban J connectivity index is 1.25. The number of anilines is 2. The average molecular weight is 514 g/mol. The number of nitrogens with one attached hydrogen (secondary N) is 3. The molecule has 0 spiro atoms. The molecule has 3 saturated heterocycles. The van der Waals surface area contributed by atoms with Crippen molar-refractivity contribution in [3.8, 4) is 0 Å². The second kappa shape index (κ2) is 13.7. The molecule has 1 aromatic rings. The first kappa shape index (κ1) is 26.6. The number of morpholine rings is 1. The van der Waals surface area contributed by atoms with Crippen LogP contribution in [0, 0.1) is 0 Å². The first-order valence-corrected chi connectivity index (χ1v) is 15.0. The minimum absolute atomic E-state index is 0.00483. The molecule has 206 valence electrons. The van der Waals surface area contributed by atoms with E-state index in [1.54, 1.807) is 0 Å². The Hall–Kier alpha value is -1.97. The Kier molecular flexibility index (Phi) is 9.87. The van der Waals surface area contributed by atoms with Crippen LogP contribution in [0.3, 0.4) is 0 Å². The Bertz CT molecular complexity index is 836. The topological polar surface area (TPSA) is 94.7 Å². The van der Waals surface area contributed by atoms with Gasteiger partial charge in [-0.25, -0.2) is 4.98 Å². The fraction of sp³-hybridized carbons (Fsp3) is 0.821. The molecule has 1 amide bonds. The zero-order valence-electron chi connectivity index (χ0n) is 22.5. The lowest BCUT2D eigenvalue weighted by Crippen LogP contribution is -2.56. The number of carbonyl (C=O) groups is 1.